The molecule has 0 saturated heterocycles. The molecule has 0 N–H and O–H groups in total. The molecule has 0 aliphatic rings. The molecule has 0 radical (unpaired) electrons. The molecule has 0 bridgehead atoms. The molecule has 0 aliphatic heterocycles. The summed E-state index contributed by atoms with van der Waals surface area (Å²) in [6, 6.07) is 0. The molecular formula is C9H16O3. The Bertz CT molecular complexity index is 161. The summed E-state index contributed by atoms with van der Waals surface area (Å²) in [5.74, 6) is 0. The van der Waals surface area contributed by atoms with E-state index in [1.807, 2.05) is 13.0 Å². The van der Waals surface area contributed by atoms with Gasteiger partial charge in [0.2, 0.25) is 0 Å². The van der Waals surface area contributed by atoms with E-state index in [2.05, 4.69) is 0 Å². The highest BCUT2D eigenvalue weighted by atomic mass is 16.7. The number of carbonyl (C=O) groups is 1. The van der Waals surface area contributed by atoms with Crippen molar-refractivity contribution in [1.29, 1.82) is 0 Å². The molecule has 0 saturated carbocycles. The molecule has 0 amide bonds. The Hall–Kier alpha value is -0.990. The smallest absolute Gasteiger partial charge is 0.432 e. The van der Waals surface area contributed by atoms with Crippen LogP contribution in [-0.2, 0) is 9.47 Å². The first-order valence-electron chi connectivity index (χ1n) is 4.06. The first kappa shape index (κ1) is 11.0. The van der Waals surface area contributed by atoms with Crippen molar-refractivity contribution < 1.29 is 14.3 Å². The molecule has 0 aromatic heterocycles. The van der Waals surface area contributed by atoms with Crippen LogP contribution in [0.3, 0.4) is 0 Å². The highest BCUT2D eigenvalue weighted by Crippen LogP contribution is 1.98. The van der Waals surface area contributed by atoms with Gasteiger partial charge in [0.15, 0.2) is 0 Å². The highest BCUT2D eigenvalue weighted by molar-refractivity contribution is 5.60. The van der Waals surface area contributed by atoms with Gasteiger partial charge in [-0.15, -0.1) is 0 Å². The van der Waals surface area contributed by atoms with Crippen LogP contribution in [0.5, 0.6) is 0 Å². The second-order valence-corrected chi connectivity index (χ2v) is 2.77. The Labute approximate surface area is 73.4 Å². The molecule has 0 heterocycles. The molecule has 1 atom stereocenters. The molecule has 0 rings (SSSR count). The first-order chi connectivity index (χ1) is 5.56. The van der Waals surface area contributed by atoms with Crippen molar-refractivity contribution in [2.75, 3.05) is 0 Å². The molecule has 0 aromatic carbocycles. The van der Waals surface area contributed by atoms with Gasteiger partial charge in [0, 0.05) is 0 Å². The van der Waals surface area contributed by atoms with Crippen LogP contribution in [0, 0.1) is 0 Å². The van der Waals surface area contributed by atoms with Gasteiger partial charge >= 0.3 is 6.16 Å². The summed E-state index contributed by atoms with van der Waals surface area (Å²) < 4.78 is 9.63. The first-order valence-corrected chi connectivity index (χ1v) is 4.06. The minimum Gasteiger partial charge on any atom is -0.432 e. The summed E-state index contributed by atoms with van der Waals surface area (Å²) in [6.07, 6.45) is 2.64. The predicted molar refractivity (Wildman–Crippen MR) is 47.0 cm³/mol. The number of allylic oxidation sites excluding steroid dienone is 1. The fraction of sp³-hybridized carbons (Fsp3) is 0.667. The molecule has 0 unspecified atom stereocenters. The van der Waals surface area contributed by atoms with E-state index >= 15 is 0 Å². The van der Waals surface area contributed by atoms with Gasteiger partial charge in [0.1, 0.15) is 6.10 Å². The van der Waals surface area contributed by atoms with Gasteiger partial charge in [0.25, 0.3) is 0 Å². The minimum absolute atomic E-state index is 0.129. The highest BCUT2D eigenvalue weighted by Gasteiger charge is 2.08. The van der Waals surface area contributed by atoms with Crippen LogP contribution >= 0.6 is 0 Å². The van der Waals surface area contributed by atoms with Crippen molar-refractivity contribution in [3.05, 3.63) is 12.2 Å². The number of hydrogen-bond acceptors (Lipinski definition) is 3. The van der Waals surface area contributed by atoms with Crippen LogP contribution in [0.2, 0.25) is 0 Å². The van der Waals surface area contributed by atoms with E-state index in [1.165, 1.54) is 0 Å². The number of rotatable bonds is 3. The Morgan fingerprint density at radius 3 is 2.25 bits per heavy atom. The number of ether oxygens (including phenoxy) is 2. The third kappa shape index (κ3) is 5.77. The van der Waals surface area contributed by atoms with Crippen molar-refractivity contribution in [2.45, 2.75) is 39.9 Å². The maximum absolute atomic E-state index is 10.9. The molecule has 3 heteroatoms. The van der Waals surface area contributed by atoms with Gasteiger partial charge in [-0.05, 0) is 33.8 Å². The quantitative estimate of drug-likeness (QED) is 0.484. The van der Waals surface area contributed by atoms with Crippen LogP contribution in [-0.4, -0.2) is 18.4 Å². The van der Waals surface area contributed by atoms with Gasteiger partial charge < -0.3 is 9.47 Å². The Morgan fingerprint density at radius 1 is 1.25 bits per heavy atom. The van der Waals surface area contributed by atoms with E-state index in [-0.39, 0.29) is 12.2 Å². The largest absolute Gasteiger partial charge is 0.509 e. The van der Waals surface area contributed by atoms with Crippen molar-refractivity contribution in [3.63, 3.8) is 0 Å². The lowest BCUT2D eigenvalue weighted by Gasteiger charge is -2.11. The maximum Gasteiger partial charge on any atom is 0.509 e. The van der Waals surface area contributed by atoms with Crippen LogP contribution in [0.25, 0.3) is 0 Å². The number of hydrogen-bond donors (Lipinski definition) is 0. The Morgan fingerprint density at radius 2 is 1.83 bits per heavy atom. The van der Waals surface area contributed by atoms with Crippen molar-refractivity contribution in [3.8, 4) is 0 Å². The molecule has 0 spiro atoms. The molecule has 0 fully saturated rings. The summed E-state index contributed by atoms with van der Waals surface area (Å²) in [4.78, 5) is 10.9. The zero-order valence-electron chi connectivity index (χ0n) is 8.03. The van der Waals surface area contributed by atoms with Crippen molar-refractivity contribution in [1.82, 2.24) is 0 Å². The maximum atomic E-state index is 10.9. The van der Waals surface area contributed by atoms with Crippen LogP contribution in [0.4, 0.5) is 4.79 Å². The van der Waals surface area contributed by atoms with Crippen LogP contribution in [0.15, 0.2) is 12.2 Å². The lowest BCUT2D eigenvalue weighted by molar-refractivity contribution is 0.0230. The van der Waals surface area contributed by atoms with Crippen molar-refractivity contribution >= 4 is 6.16 Å². The summed E-state index contributed by atoms with van der Waals surface area (Å²) in [5, 5.41) is 0. The zero-order chi connectivity index (χ0) is 9.56. The molecular weight excluding hydrogens is 156 g/mol. The van der Waals surface area contributed by atoms with Crippen LogP contribution < -0.4 is 0 Å². The average molecular weight is 172 g/mol. The SMILES string of the molecule is C/C=C/[C@H](C)OC(=O)OC(C)C. The molecule has 12 heavy (non-hydrogen) atoms. The van der Waals surface area contributed by atoms with Gasteiger partial charge in [-0.3, -0.25) is 0 Å². The van der Waals surface area contributed by atoms with Crippen LogP contribution in [0.1, 0.15) is 27.7 Å². The molecule has 70 valence electrons. The fourth-order valence-corrected chi connectivity index (χ4v) is 0.682. The summed E-state index contributed by atoms with van der Waals surface area (Å²) in [6.45, 7) is 7.21. The van der Waals surface area contributed by atoms with E-state index in [0.717, 1.165) is 0 Å². The van der Waals surface area contributed by atoms with E-state index < -0.39 is 6.16 Å². The Kier molecular flexibility index (Phi) is 5.17. The minimum atomic E-state index is -0.615. The van der Waals surface area contributed by atoms with Gasteiger partial charge in [-0.25, -0.2) is 4.79 Å². The molecule has 3 nitrogen and oxygen atoms in total. The molecule has 0 aliphatic carbocycles. The summed E-state index contributed by atoms with van der Waals surface area (Å²) in [7, 11) is 0. The van der Waals surface area contributed by atoms with Gasteiger partial charge in [0.05, 0.1) is 6.10 Å². The fourth-order valence-electron chi connectivity index (χ4n) is 0.682. The summed E-state index contributed by atoms with van der Waals surface area (Å²) in [5.41, 5.74) is 0. The summed E-state index contributed by atoms with van der Waals surface area (Å²) >= 11 is 0. The lowest BCUT2D eigenvalue weighted by atomic mass is 10.4. The van der Waals surface area contributed by atoms with Gasteiger partial charge in [-0.2, -0.15) is 0 Å². The zero-order valence-corrected chi connectivity index (χ0v) is 8.03. The average Bonchev–Trinajstić information content (AvgIpc) is 1.84. The third-order valence-corrected chi connectivity index (χ3v) is 1.08. The third-order valence-electron chi connectivity index (χ3n) is 1.08. The van der Waals surface area contributed by atoms with E-state index in [0.29, 0.717) is 0 Å². The normalized spacial score (nSPS) is 13.4. The van der Waals surface area contributed by atoms with E-state index in [4.69, 9.17) is 9.47 Å². The topological polar surface area (TPSA) is 35.5 Å². The predicted octanol–water partition coefficient (Wildman–Crippen LogP) is 2.51. The van der Waals surface area contributed by atoms with Gasteiger partial charge in [-0.1, -0.05) is 6.08 Å². The molecule has 0 aromatic rings. The van der Waals surface area contributed by atoms with Crippen molar-refractivity contribution in [2.24, 2.45) is 0 Å². The van der Waals surface area contributed by atoms with E-state index in [9.17, 15) is 4.79 Å². The lowest BCUT2D eigenvalue weighted by Crippen LogP contribution is -2.17. The Balaban J connectivity index is 3.69. The standard InChI is InChI=1S/C9H16O3/c1-5-6-8(4)12-9(10)11-7(2)3/h5-8H,1-4H3/b6-5+/t8-/m0/s1. The second-order valence-electron chi connectivity index (χ2n) is 2.77. The monoisotopic (exact) mass is 172 g/mol. The van der Waals surface area contributed by atoms with E-state index in [1.54, 1.807) is 26.8 Å². The number of carbonyl (C=O) groups excluding carboxylic acids is 1. The second kappa shape index (κ2) is 5.63.